The summed E-state index contributed by atoms with van der Waals surface area (Å²) in [6.45, 7) is 3.27. The first-order chi connectivity index (χ1) is 17.1. The number of carbonyl (C=O) groups is 2. The Balaban J connectivity index is 1.25. The van der Waals surface area contributed by atoms with Crippen molar-refractivity contribution in [1.29, 1.82) is 0 Å². The topological polar surface area (TPSA) is 61.9 Å². The highest BCUT2D eigenvalue weighted by Gasteiger charge is 2.28. The average molecular weight is 470 g/mol. The Kier molecular flexibility index (Phi) is 6.82. The SMILES string of the molecule is COc1ccc(C(=O)N2CCc3ccc(NC(=O)C4CCCN(Cc5ccccc5)C4)cc32)cc1. The largest absolute Gasteiger partial charge is 0.497 e. The number of nitrogens with one attached hydrogen (secondary N) is 1. The van der Waals surface area contributed by atoms with Crippen LogP contribution in [0, 0.1) is 5.92 Å². The third-order valence-corrected chi connectivity index (χ3v) is 6.96. The highest BCUT2D eigenvalue weighted by atomic mass is 16.5. The third kappa shape index (κ3) is 5.23. The second kappa shape index (κ2) is 10.3. The molecule has 0 bridgehead atoms. The van der Waals surface area contributed by atoms with Crippen LogP contribution in [0.25, 0.3) is 0 Å². The molecule has 1 atom stereocenters. The van der Waals surface area contributed by atoms with Crippen LogP contribution in [0.3, 0.4) is 0 Å². The predicted octanol–water partition coefficient (Wildman–Crippen LogP) is 4.75. The number of amides is 2. The van der Waals surface area contributed by atoms with Gasteiger partial charge >= 0.3 is 0 Å². The predicted molar refractivity (Wildman–Crippen MR) is 138 cm³/mol. The molecule has 1 fully saturated rings. The molecular formula is C29H31N3O3. The Morgan fingerprint density at radius 2 is 1.80 bits per heavy atom. The van der Waals surface area contributed by atoms with E-state index >= 15 is 0 Å². The van der Waals surface area contributed by atoms with Gasteiger partial charge in [0.25, 0.3) is 5.91 Å². The minimum atomic E-state index is -0.0437. The molecule has 180 valence electrons. The van der Waals surface area contributed by atoms with Crippen molar-refractivity contribution >= 4 is 23.2 Å². The van der Waals surface area contributed by atoms with Crippen molar-refractivity contribution in [3.05, 3.63) is 89.5 Å². The van der Waals surface area contributed by atoms with Gasteiger partial charge in [-0.25, -0.2) is 0 Å². The zero-order valence-corrected chi connectivity index (χ0v) is 20.1. The summed E-state index contributed by atoms with van der Waals surface area (Å²) in [6.07, 6.45) is 2.71. The number of benzene rings is 3. The van der Waals surface area contributed by atoms with Gasteiger partial charge in [-0.15, -0.1) is 0 Å². The molecule has 6 nitrogen and oxygen atoms in total. The fourth-order valence-electron chi connectivity index (χ4n) is 5.06. The summed E-state index contributed by atoms with van der Waals surface area (Å²) >= 11 is 0. The summed E-state index contributed by atoms with van der Waals surface area (Å²) in [4.78, 5) is 30.5. The number of nitrogens with zero attached hydrogens (tertiary/aromatic N) is 2. The van der Waals surface area contributed by atoms with Gasteiger partial charge in [0, 0.05) is 36.6 Å². The molecular weight excluding hydrogens is 438 g/mol. The molecule has 1 unspecified atom stereocenters. The number of hydrogen-bond donors (Lipinski definition) is 1. The number of likely N-dealkylation sites (tertiary alicyclic amines) is 1. The van der Waals surface area contributed by atoms with Gasteiger partial charge in [0.05, 0.1) is 13.0 Å². The Hall–Kier alpha value is -3.64. The van der Waals surface area contributed by atoms with Crippen LogP contribution in [0.1, 0.15) is 34.3 Å². The molecule has 35 heavy (non-hydrogen) atoms. The molecule has 2 amide bonds. The van der Waals surface area contributed by atoms with Crippen molar-refractivity contribution in [2.45, 2.75) is 25.8 Å². The summed E-state index contributed by atoms with van der Waals surface area (Å²) < 4.78 is 5.20. The van der Waals surface area contributed by atoms with Gasteiger partial charge in [0.2, 0.25) is 5.91 Å². The number of rotatable bonds is 6. The maximum atomic E-state index is 13.2. The third-order valence-electron chi connectivity index (χ3n) is 6.96. The van der Waals surface area contributed by atoms with Crippen LogP contribution in [-0.2, 0) is 17.8 Å². The number of hydrogen-bond acceptors (Lipinski definition) is 4. The number of anilines is 2. The lowest BCUT2D eigenvalue weighted by molar-refractivity contribution is -0.121. The number of piperidine rings is 1. The van der Waals surface area contributed by atoms with Crippen molar-refractivity contribution in [1.82, 2.24) is 4.90 Å². The van der Waals surface area contributed by atoms with Crippen LogP contribution in [0.4, 0.5) is 11.4 Å². The minimum Gasteiger partial charge on any atom is -0.497 e. The molecule has 6 heteroatoms. The molecule has 1 N–H and O–H groups in total. The van der Waals surface area contributed by atoms with E-state index in [1.54, 1.807) is 36.3 Å². The lowest BCUT2D eigenvalue weighted by Crippen LogP contribution is -2.40. The van der Waals surface area contributed by atoms with Crippen LogP contribution in [-0.4, -0.2) is 43.5 Å². The fourth-order valence-corrected chi connectivity index (χ4v) is 5.06. The van der Waals surface area contributed by atoms with E-state index in [-0.39, 0.29) is 17.7 Å². The molecule has 0 aromatic heterocycles. The Bertz CT molecular complexity index is 1190. The van der Waals surface area contributed by atoms with Crippen LogP contribution < -0.4 is 15.0 Å². The first-order valence-electron chi connectivity index (χ1n) is 12.3. The van der Waals surface area contributed by atoms with Crippen molar-refractivity contribution in [3.8, 4) is 5.75 Å². The van der Waals surface area contributed by atoms with Gasteiger partial charge in [0.1, 0.15) is 5.75 Å². The summed E-state index contributed by atoms with van der Waals surface area (Å²) in [5.41, 5.74) is 4.63. The van der Waals surface area contributed by atoms with E-state index in [9.17, 15) is 9.59 Å². The first kappa shape index (κ1) is 23.1. The summed E-state index contributed by atoms with van der Waals surface area (Å²) in [7, 11) is 1.61. The van der Waals surface area contributed by atoms with Gasteiger partial charge in [-0.05, 0) is 73.3 Å². The molecule has 2 heterocycles. The molecule has 0 spiro atoms. The van der Waals surface area contributed by atoms with E-state index in [1.807, 2.05) is 24.3 Å². The van der Waals surface area contributed by atoms with Crippen LogP contribution in [0.15, 0.2) is 72.8 Å². The van der Waals surface area contributed by atoms with Crippen molar-refractivity contribution in [2.24, 2.45) is 5.92 Å². The number of ether oxygens (including phenoxy) is 1. The highest BCUT2D eigenvalue weighted by molar-refractivity contribution is 6.08. The Morgan fingerprint density at radius 1 is 1.00 bits per heavy atom. The molecule has 3 aromatic carbocycles. The Labute approximate surface area is 206 Å². The molecule has 1 saturated heterocycles. The van der Waals surface area contributed by atoms with Crippen LogP contribution in [0.5, 0.6) is 5.75 Å². The highest BCUT2D eigenvalue weighted by Crippen LogP contribution is 2.33. The van der Waals surface area contributed by atoms with Gasteiger partial charge in [-0.2, -0.15) is 0 Å². The Morgan fingerprint density at radius 3 is 2.57 bits per heavy atom. The monoisotopic (exact) mass is 469 g/mol. The van der Waals surface area contributed by atoms with Crippen LogP contribution >= 0.6 is 0 Å². The normalized spacial score (nSPS) is 17.6. The fraction of sp³-hybridized carbons (Fsp3) is 0.310. The molecule has 0 aliphatic carbocycles. The standard InChI is InChI=1S/C29H31N3O3/c1-35-26-13-10-23(11-14-26)29(34)32-17-15-22-9-12-25(18-27(22)32)30-28(33)24-8-5-16-31(20-24)19-21-6-3-2-4-7-21/h2-4,6-7,9-14,18,24H,5,8,15-17,19-20H2,1H3,(H,30,33). The number of fused-ring (bicyclic) bond motifs is 1. The molecule has 0 radical (unpaired) electrons. The quantitative estimate of drug-likeness (QED) is 0.566. The van der Waals surface area contributed by atoms with Gasteiger partial charge in [0.15, 0.2) is 0 Å². The van der Waals surface area contributed by atoms with E-state index < -0.39 is 0 Å². The molecule has 3 aromatic rings. The van der Waals surface area contributed by atoms with Crippen LogP contribution in [0.2, 0.25) is 0 Å². The molecule has 0 saturated carbocycles. The number of methoxy groups -OCH3 is 1. The maximum Gasteiger partial charge on any atom is 0.258 e. The van der Waals surface area contributed by atoms with E-state index in [0.29, 0.717) is 12.1 Å². The number of carbonyl (C=O) groups excluding carboxylic acids is 2. The van der Waals surface area contributed by atoms with Gasteiger partial charge in [-0.3, -0.25) is 14.5 Å². The molecule has 2 aliphatic rings. The average Bonchev–Trinajstić information content (AvgIpc) is 3.32. The lowest BCUT2D eigenvalue weighted by atomic mass is 9.96. The smallest absolute Gasteiger partial charge is 0.258 e. The lowest BCUT2D eigenvalue weighted by Gasteiger charge is -2.32. The van der Waals surface area contributed by atoms with Crippen molar-refractivity contribution in [3.63, 3.8) is 0 Å². The summed E-state index contributed by atoms with van der Waals surface area (Å²) in [5.74, 6) is 0.684. The summed E-state index contributed by atoms with van der Waals surface area (Å²) in [5, 5.41) is 3.12. The molecule has 2 aliphatic heterocycles. The van der Waals surface area contributed by atoms with E-state index in [0.717, 1.165) is 61.6 Å². The van der Waals surface area contributed by atoms with Gasteiger partial charge < -0.3 is 15.0 Å². The second-order valence-electron chi connectivity index (χ2n) is 9.33. The first-order valence-corrected chi connectivity index (χ1v) is 12.3. The zero-order valence-electron chi connectivity index (χ0n) is 20.1. The maximum absolute atomic E-state index is 13.2. The molecule has 5 rings (SSSR count). The summed E-state index contributed by atoms with van der Waals surface area (Å²) in [6, 6.07) is 23.5. The van der Waals surface area contributed by atoms with E-state index in [4.69, 9.17) is 4.74 Å². The van der Waals surface area contributed by atoms with Gasteiger partial charge in [-0.1, -0.05) is 36.4 Å². The van der Waals surface area contributed by atoms with Crippen molar-refractivity contribution < 1.29 is 14.3 Å². The van der Waals surface area contributed by atoms with E-state index in [1.165, 1.54) is 5.56 Å². The minimum absolute atomic E-state index is 0.0429. The second-order valence-corrected chi connectivity index (χ2v) is 9.33. The van der Waals surface area contributed by atoms with E-state index in [2.05, 4.69) is 34.5 Å². The van der Waals surface area contributed by atoms with Crippen molar-refractivity contribution in [2.75, 3.05) is 37.0 Å². The zero-order chi connectivity index (χ0) is 24.2.